The Hall–Kier alpha value is -4.01. The van der Waals surface area contributed by atoms with Crippen LogP contribution >= 0.6 is 0 Å². The van der Waals surface area contributed by atoms with Crippen molar-refractivity contribution >= 4 is 11.0 Å². The van der Waals surface area contributed by atoms with Gasteiger partial charge >= 0.3 is 0 Å². The van der Waals surface area contributed by atoms with Crippen molar-refractivity contribution in [3.05, 3.63) is 119 Å². The van der Waals surface area contributed by atoms with E-state index in [0.29, 0.717) is 11.4 Å². The zero-order valence-corrected chi connectivity index (χ0v) is 27.0. The molecule has 0 radical (unpaired) electrons. The molecule has 214 valence electrons. The Morgan fingerprint density at radius 2 is 1.45 bits per heavy atom. The van der Waals surface area contributed by atoms with E-state index in [-0.39, 0.29) is 32.2 Å². The fourth-order valence-electron chi connectivity index (χ4n) is 5.71. The first-order valence-corrected chi connectivity index (χ1v) is 14.0. The van der Waals surface area contributed by atoms with Crippen LogP contribution in [0.25, 0.3) is 50.5 Å². The summed E-state index contributed by atoms with van der Waals surface area (Å²) < 4.78 is 2.23. The van der Waals surface area contributed by atoms with Crippen molar-refractivity contribution in [2.24, 2.45) is 0 Å². The molecule has 0 saturated carbocycles. The van der Waals surface area contributed by atoms with Gasteiger partial charge in [0.1, 0.15) is 11.6 Å². The van der Waals surface area contributed by atoms with Crippen LogP contribution in [0, 0.1) is 26.8 Å². The molecular weight excluding hydrogens is 698 g/mol. The number of fused-ring (bicyclic) bond motifs is 1. The second-order valence-electron chi connectivity index (χ2n) is 11.9. The van der Waals surface area contributed by atoms with Crippen molar-refractivity contribution < 1.29 is 26.2 Å². The summed E-state index contributed by atoms with van der Waals surface area (Å²) in [5.41, 5.74) is 12.0. The van der Waals surface area contributed by atoms with E-state index in [9.17, 15) is 5.11 Å². The predicted octanol–water partition coefficient (Wildman–Crippen LogP) is 9.15. The molecule has 6 rings (SSSR count). The number of hydrogen-bond donors (Lipinski definition) is 1. The molecule has 6 aromatic rings. The Morgan fingerprint density at radius 1 is 0.762 bits per heavy atom. The number of aromatic hydroxyl groups is 1. The van der Waals surface area contributed by atoms with Crippen molar-refractivity contribution in [2.45, 2.75) is 47.0 Å². The van der Waals surface area contributed by atoms with E-state index in [1.165, 1.54) is 11.1 Å². The van der Waals surface area contributed by atoms with Gasteiger partial charge in [-0.3, -0.25) is 9.55 Å². The molecule has 0 spiro atoms. The number of aryl methyl sites for hydroxylation is 3. The summed E-state index contributed by atoms with van der Waals surface area (Å²) in [4.78, 5) is 9.85. The standard InChI is InChI=1S/C37H34N3O.Pt/c1-23-18-24(2)35(25(3)19-23)40-32-22-28(37(4,5)6)21-30(34(32)39-36(40)29-14-7-8-16-33(29)41)26-12-11-13-27(20-26)31-15-9-10-17-38-31;/h7-19,21-22,41H,1-6H3;/q-1;. The minimum atomic E-state index is -0.108. The summed E-state index contributed by atoms with van der Waals surface area (Å²) in [5, 5.41) is 11.0. The third kappa shape index (κ3) is 5.32. The van der Waals surface area contributed by atoms with Crippen LogP contribution in [0.4, 0.5) is 0 Å². The van der Waals surface area contributed by atoms with Crippen molar-refractivity contribution in [1.82, 2.24) is 14.5 Å². The van der Waals surface area contributed by atoms with Crippen molar-refractivity contribution in [3.8, 4) is 45.2 Å². The minimum absolute atomic E-state index is 0. The molecule has 4 nitrogen and oxygen atoms in total. The summed E-state index contributed by atoms with van der Waals surface area (Å²) >= 11 is 0. The van der Waals surface area contributed by atoms with Gasteiger partial charge in [0.15, 0.2) is 0 Å². The first-order chi connectivity index (χ1) is 19.6. The van der Waals surface area contributed by atoms with Gasteiger partial charge in [-0.25, -0.2) is 4.98 Å². The molecule has 0 atom stereocenters. The summed E-state index contributed by atoms with van der Waals surface area (Å²) in [6.45, 7) is 13.1. The Labute approximate surface area is 262 Å². The van der Waals surface area contributed by atoms with Crippen molar-refractivity contribution in [1.29, 1.82) is 0 Å². The molecule has 0 unspecified atom stereocenters. The molecule has 2 aromatic heterocycles. The fourth-order valence-corrected chi connectivity index (χ4v) is 5.71. The van der Waals surface area contributed by atoms with E-state index in [4.69, 9.17) is 4.98 Å². The van der Waals surface area contributed by atoms with Crippen LogP contribution in [-0.2, 0) is 26.5 Å². The smallest absolute Gasteiger partial charge is 0.148 e. The maximum absolute atomic E-state index is 11.0. The van der Waals surface area contributed by atoms with Crippen LogP contribution in [0.5, 0.6) is 5.75 Å². The van der Waals surface area contributed by atoms with Gasteiger partial charge in [-0.1, -0.05) is 79.9 Å². The van der Waals surface area contributed by atoms with Crippen LogP contribution in [-0.4, -0.2) is 19.6 Å². The van der Waals surface area contributed by atoms with Gasteiger partial charge in [0.05, 0.1) is 22.3 Å². The zero-order chi connectivity index (χ0) is 28.9. The topological polar surface area (TPSA) is 50.9 Å². The van der Waals surface area contributed by atoms with Gasteiger partial charge in [-0.15, -0.1) is 29.8 Å². The van der Waals surface area contributed by atoms with E-state index in [2.05, 4.69) is 93.6 Å². The third-order valence-electron chi connectivity index (χ3n) is 7.66. The monoisotopic (exact) mass is 731 g/mol. The second kappa shape index (κ2) is 11.3. The van der Waals surface area contributed by atoms with Crippen LogP contribution in [0.2, 0.25) is 0 Å². The van der Waals surface area contributed by atoms with Crippen LogP contribution in [0.1, 0.15) is 43.0 Å². The Balaban J connectivity index is 0.00000353. The molecule has 0 aliphatic rings. The maximum atomic E-state index is 11.0. The minimum Gasteiger partial charge on any atom is -0.507 e. The van der Waals surface area contributed by atoms with Gasteiger partial charge in [-0.05, 0) is 67.1 Å². The number of phenolic OH excluding ortho intramolecular Hbond substituents is 1. The number of benzene rings is 4. The molecule has 2 heterocycles. The summed E-state index contributed by atoms with van der Waals surface area (Å²) in [6, 6.07) is 32.1. The van der Waals surface area contributed by atoms with E-state index in [0.717, 1.165) is 50.2 Å². The number of rotatable bonds is 4. The van der Waals surface area contributed by atoms with Crippen molar-refractivity contribution in [2.75, 3.05) is 0 Å². The van der Waals surface area contributed by atoms with Gasteiger partial charge < -0.3 is 5.11 Å². The number of para-hydroxylation sites is 1. The number of aromatic nitrogens is 3. The van der Waals surface area contributed by atoms with Crippen LogP contribution < -0.4 is 0 Å². The van der Waals surface area contributed by atoms with E-state index >= 15 is 0 Å². The molecule has 0 amide bonds. The molecular formula is C37H34N3OPt-. The number of pyridine rings is 1. The van der Waals surface area contributed by atoms with E-state index in [1.54, 1.807) is 12.3 Å². The van der Waals surface area contributed by atoms with Crippen molar-refractivity contribution in [3.63, 3.8) is 0 Å². The van der Waals surface area contributed by atoms with Gasteiger partial charge in [0, 0.05) is 33.0 Å². The Kier molecular flexibility index (Phi) is 7.96. The van der Waals surface area contributed by atoms with Gasteiger partial charge in [0.25, 0.3) is 0 Å². The third-order valence-corrected chi connectivity index (χ3v) is 7.66. The average Bonchev–Trinajstić information content (AvgIpc) is 3.31. The summed E-state index contributed by atoms with van der Waals surface area (Å²) in [5.74, 6) is 0.911. The van der Waals surface area contributed by atoms with E-state index in [1.807, 2.05) is 42.5 Å². The first kappa shape index (κ1) is 29.5. The second-order valence-corrected chi connectivity index (χ2v) is 11.9. The molecule has 0 saturated heterocycles. The molecule has 4 aromatic carbocycles. The molecule has 1 N–H and O–H groups in total. The molecule has 0 bridgehead atoms. The predicted molar refractivity (Wildman–Crippen MR) is 169 cm³/mol. The average molecular weight is 732 g/mol. The molecule has 0 aliphatic carbocycles. The molecule has 0 fully saturated rings. The largest absolute Gasteiger partial charge is 0.507 e. The van der Waals surface area contributed by atoms with Gasteiger partial charge in [0.2, 0.25) is 0 Å². The molecule has 5 heteroatoms. The van der Waals surface area contributed by atoms with Gasteiger partial charge in [-0.2, -0.15) is 0 Å². The summed E-state index contributed by atoms with van der Waals surface area (Å²) in [6.07, 6.45) is 1.81. The summed E-state index contributed by atoms with van der Waals surface area (Å²) in [7, 11) is 0. The normalized spacial score (nSPS) is 11.5. The molecule has 42 heavy (non-hydrogen) atoms. The fraction of sp³-hybridized carbons (Fsp3) is 0.189. The number of phenols is 1. The Morgan fingerprint density at radius 3 is 2.12 bits per heavy atom. The number of nitrogens with zero attached hydrogens (tertiary/aromatic N) is 3. The van der Waals surface area contributed by atoms with E-state index < -0.39 is 0 Å². The maximum Gasteiger partial charge on any atom is 0.148 e. The number of imidazole rings is 1. The number of hydrogen-bond acceptors (Lipinski definition) is 3. The zero-order valence-electron chi connectivity index (χ0n) is 24.8. The van der Waals surface area contributed by atoms with Crippen LogP contribution in [0.3, 0.4) is 0 Å². The first-order valence-electron chi connectivity index (χ1n) is 14.0. The molecule has 0 aliphatic heterocycles. The Bertz CT molecular complexity index is 1890. The quantitative estimate of drug-likeness (QED) is 0.184. The SMILES string of the molecule is Cc1cc(C)c(-n2c(-c3ccccc3O)nc3c(-c4[c-]c(-c5ccccn5)ccc4)cc(C(C)(C)C)cc32)c(C)c1.[Pt]. The van der Waals surface area contributed by atoms with Crippen LogP contribution in [0.15, 0.2) is 91.1 Å².